The molecule has 34 heavy (non-hydrogen) atoms. The van der Waals surface area contributed by atoms with Crippen LogP contribution in [0.15, 0.2) is 40.6 Å². The molecule has 1 unspecified atom stereocenters. The van der Waals surface area contributed by atoms with Gasteiger partial charge in [-0.15, -0.1) is 0 Å². The van der Waals surface area contributed by atoms with Gasteiger partial charge in [-0.25, -0.2) is 0 Å². The van der Waals surface area contributed by atoms with Crippen LogP contribution in [0, 0.1) is 0 Å². The highest BCUT2D eigenvalue weighted by atomic mass is 35.5. The molecule has 2 aromatic rings. The van der Waals surface area contributed by atoms with E-state index in [-0.39, 0.29) is 16.5 Å². The topological polar surface area (TPSA) is 108 Å². The molecule has 2 aromatic carbocycles. The molecule has 10 heteroatoms. The number of hydrogen-bond donors (Lipinski definition) is 1. The van der Waals surface area contributed by atoms with E-state index in [0.717, 1.165) is 0 Å². The monoisotopic (exact) mass is 491 g/mol. The van der Waals surface area contributed by atoms with Crippen LogP contribution < -0.4 is 24.3 Å². The zero-order valence-electron chi connectivity index (χ0n) is 20.0. The Morgan fingerprint density at radius 3 is 2.03 bits per heavy atom. The predicted molar refractivity (Wildman–Crippen MR) is 130 cm³/mol. The Morgan fingerprint density at radius 1 is 0.912 bits per heavy atom. The molecule has 0 bridgehead atoms. The summed E-state index contributed by atoms with van der Waals surface area (Å²) < 4.78 is 22.3. The lowest BCUT2D eigenvalue weighted by Gasteiger charge is -2.18. The number of anilines is 1. The molecule has 184 valence electrons. The van der Waals surface area contributed by atoms with E-state index in [2.05, 4.69) is 15.5 Å². The minimum atomic E-state index is -1.41. The van der Waals surface area contributed by atoms with Gasteiger partial charge in [-0.3, -0.25) is 9.59 Å². The molecule has 2 rings (SSSR count). The van der Waals surface area contributed by atoms with Crippen molar-refractivity contribution in [2.24, 2.45) is 10.2 Å². The largest absolute Gasteiger partial charge is 0.494 e. The molecule has 1 atom stereocenters. The lowest BCUT2D eigenvalue weighted by molar-refractivity contribution is -0.126. The van der Waals surface area contributed by atoms with Crippen molar-refractivity contribution in [3.05, 3.63) is 35.4 Å². The lowest BCUT2D eigenvalue weighted by atomic mass is 10.2. The van der Waals surface area contributed by atoms with E-state index in [9.17, 15) is 9.59 Å². The number of carbonyl (C=O) groups is 2. The smallest absolute Gasteiger partial charge is 0.259 e. The van der Waals surface area contributed by atoms with Crippen LogP contribution in [0.3, 0.4) is 0 Å². The fraction of sp³-hybridized carbons (Fsp3) is 0.417. The number of hydrogen-bond acceptors (Lipinski definition) is 8. The summed E-state index contributed by atoms with van der Waals surface area (Å²) in [6, 6.07) is 6.82. The van der Waals surface area contributed by atoms with Crippen molar-refractivity contribution in [2.75, 3.05) is 31.7 Å². The molecule has 0 aliphatic rings. The van der Waals surface area contributed by atoms with E-state index in [4.69, 9.17) is 30.5 Å². The quantitative estimate of drug-likeness (QED) is 0.288. The van der Waals surface area contributed by atoms with E-state index in [0.29, 0.717) is 49.4 Å². The van der Waals surface area contributed by atoms with Gasteiger partial charge in [0.05, 0.1) is 37.1 Å². The Bertz CT molecular complexity index is 1000. The Balaban J connectivity index is 2.37. The Labute approximate surface area is 204 Å². The van der Waals surface area contributed by atoms with Gasteiger partial charge in [-0.05, 0) is 46.8 Å². The highest BCUT2D eigenvalue weighted by molar-refractivity contribution is 6.33. The number of ketones is 1. The highest BCUT2D eigenvalue weighted by Gasteiger charge is 2.26. The fourth-order valence-electron chi connectivity index (χ4n) is 2.97. The zero-order chi connectivity index (χ0) is 25.1. The number of Topliss-reactive ketones (excluding diaryl/α,β-unsaturated/α-hetero) is 1. The molecule has 1 amide bonds. The second-order valence-electron chi connectivity index (χ2n) is 6.86. The number of nitrogens with zero attached hydrogens (tertiary/aromatic N) is 2. The molecule has 0 radical (unpaired) electrons. The number of benzene rings is 2. The van der Waals surface area contributed by atoms with Crippen LogP contribution in [0.1, 0.15) is 34.6 Å². The van der Waals surface area contributed by atoms with Crippen molar-refractivity contribution in [1.29, 1.82) is 0 Å². The lowest BCUT2D eigenvalue weighted by Crippen LogP contribution is -2.32. The average Bonchev–Trinajstić information content (AvgIpc) is 2.78. The van der Waals surface area contributed by atoms with Crippen molar-refractivity contribution in [2.45, 2.75) is 40.7 Å². The zero-order valence-corrected chi connectivity index (χ0v) is 20.8. The molecular formula is C24H30ClN3O6. The summed E-state index contributed by atoms with van der Waals surface area (Å²) in [5, 5.41) is 11.1. The fourth-order valence-corrected chi connectivity index (χ4v) is 3.18. The summed E-state index contributed by atoms with van der Waals surface area (Å²) >= 11 is 6.26. The third kappa shape index (κ3) is 7.34. The maximum Gasteiger partial charge on any atom is 0.259 e. The van der Waals surface area contributed by atoms with Gasteiger partial charge in [0.1, 0.15) is 22.9 Å². The van der Waals surface area contributed by atoms with Gasteiger partial charge in [0, 0.05) is 18.2 Å². The minimum absolute atomic E-state index is 0.222. The molecule has 0 heterocycles. The molecule has 0 aliphatic heterocycles. The highest BCUT2D eigenvalue weighted by Crippen LogP contribution is 2.41. The van der Waals surface area contributed by atoms with Crippen LogP contribution in [0.25, 0.3) is 0 Å². The molecule has 1 N–H and O–H groups in total. The van der Waals surface area contributed by atoms with Crippen molar-refractivity contribution in [1.82, 2.24) is 0 Å². The standard InChI is InChI=1S/C24H30ClN3O6/c1-6-31-17-12-16(13-18(14-17)32-7-2)27-28-21(15(5)29)24(30)26-22-20(33-8-3)11-10-19(25)23(22)34-9-4/h10-14,21H,6-9H2,1-5H3,(H,26,30). The predicted octanol–water partition coefficient (Wildman–Crippen LogP) is 5.61. The third-order valence-corrected chi connectivity index (χ3v) is 4.61. The summed E-state index contributed by atoms with van der Waals surface area (Å²) in [6.07, 6.45) is 0. The number of rotatable bonds is 13. The molecule has 0 aliphatic carbocycles. The minimum Gasteiger partial charge on any atom is -0.494 e. The first-order valence-electron chi connectivity index (χ1n) is 11.0. The van der Waals surface area contributed by atoms with E-state index >= 15 is 0 Å². The van der Waals surface area contributed by atoms with Gasteiger partial charge in [-0.1, -0.05) is 11.6 Å². The normalized spacial score (nSPS) is 11.7. The van der Waals surface area contributed by atoms with E-state index in [1.54, 1.807) is 44.2 Å². The molecule has 0 aromatic heterocycles. The molecule has 9 nitrogen and oxygen atoms in total. The molecule has 0 fully saturated rings. The Hall–Kier alpha value is -3.33. The SMILES string of the molecule is CCOc1cc(N=NC(C(C)=O)C(=O)Nc2c(OCC)ccc(Cl)c2OCC)cc(OCC)c1. The van der Waals surface area contributed by atoms with Gasteiger partial charge < -0.3 is 24.3 Å². The molecule has 0 saturated heterocycles. The average molecular weight is 492 g/mol. The van der Waals surface area contributed by atoms with Crippen LogP contribution >= 0.6 is 11.6 Å². The maximum atomic E-state index is 13.0. The van der Waals surface area contributed by atoms with Crippen molar-refractivity contribution in [3.63, 3.8) is 0 Å². The molecule has 0 saturated carbocycles. The van der Waals surface area contributed by atoms with Crippen molar-refractivity contribution < 1.29 is 28.5 Å². The second-order valence-corrected chi connectivity index (χ2v) is 7.27. The van der Waals surface area contributed by atoms with Gasteiger partial charge in [0.25, 0.3) is 5.91 Å². The number of ether oxygens (including phenoxy) is 4. The van der Waals surface area contributed by atoms with Crippen LogP contribution in [-0.2, 0) is 9.59 Å². The first kappa shape index (κ1) is 26.9. The van der Waals surface area contributed by atoms with E-state index in [1.807, 2.05) is 13.8 Å². The van der Waals surface area contributed by atoms with Crippen LogP contribution in [0.4, 0.5) is 11.4 Å². The number of carbonyl (C=O) groups excluding carboxylic acids is 2. The summed E-state index contributed by atoms with van der Waals surface area (Å²) in [6.45, 7) is 10.1. The molecular weight excluding hydrogens is 462 g/mol. The number of amides is 1. The Morgan fingerprint density at radius 2 is 1.50 bits per heavy atom. The first-order chi connectivity index (χ1) is 16.3. The van der Waals surface area contributed by atoms with Gasteiger partial charge in [-0.2, -0.15) is 10.2 Å². The van der Waals surface area contributed by atoms with Crippen molar-refractivity contribution >= 4 is 34.7 Å². The van der Waals surface area contributed by atoms with Crippen molar-refractivity contribution in [3.8, 4) is 23.0 Å². The van der Waals surface area contributed by atoms with E-state index in [1.165, 1.54) is 6.92 Å². The van der Waals surface area contributed by atoms with E-state index < -0.39 is 17.7 Å². The van der Waals surface area contributed by atoms with Crippen LogP contribution in [0.2, 0.25) is 5.02 Å². The molecule has 0 spiro atoms. The summed E-state index contributed by atoms with van der Waals surface area (Å²) in [5.41, 5.74) is 0.598. The van der Waals surface area contributed by atoms with Crippen LogP contribution in [0.5, 0.6) is 23.0 Å². The summed E-state index contributed by atoms with van der Waals surface area (Å²) in [5.74, 6) is 0.472. The number of nitrogens with one attached hydrogen (secondary N) is 1. The number of halogens is 1. The summed E-state index contributed by atoms with van der Waals surface area (Å²) in [7, 11) is 0. The van der Waals surface area contributed by atoms with Crippen LogP contribution in [-0.4, -0.2) is 44.2 Å². The van der Waals surface area contributed by atoms with Gasteiger partial charge >= 0.3 is 0 Å². The first-order valence-corrected chi connectivity index (χ1v) is 11.4. The maximum absolute atomic E-state index is 13.0. The van der Waals surface area contributed by atoms with Gasteiger partial charge in [0.2, 0.25) is 6.04 Å². The third-order valence-electron chi connectivity index (χ3n) is 4.32. The second kappa shape index (κ2) is 13.4. The number of azo groups is 1. The van der Waals surface area contributed by atoms with Gasteiger partial charge in [0.15, 0.2) is 11.5 Å². The Kier molecular flexibility index (Phi) is 10.6. The summed E-state index contributed by atoms with van der Waals surface area (Å²) in [4.78, 5) is 25.3.